The van der Waals surface area contributed by atoms with Crippen molar-refractivity contribution in [2.45, 2.75) is 20.3 Å². The lowest BCUT2D eigenvalue weighted by Gasteiger charge is -1.98. The van der Waals surface area contributed by atoms with Crippen LogP contribution in [-0.2, 0) is 6.42 Å². The van der Waals surface area contributed by atoms with Gasteiger partial charge in [-0.2, -0.15) is 0 Å². The number of benzene rings is 1. The van der Waals surface area contributed by atoms with Crippen LogP contribution in [0.15, 0.2) is 29.8 Å². The summed E-state index contributed by atoms with van der Waals surface area (Å²) in [4.78, 5) is 23.6. The quantitative estimate of drug-likeness (QED) is 0.515. The summed E-state index contributed by atoms with van der Waals surface area (Å²) in [7, 11) is 0. The molecule has 0 heterocycles. The number of allylic oxidation sites excluding steroid dienone is 2. The molecule has 0 atom stereocenters. The zero-order chi connectivity index (χ0) is 11.0. The SMILES string of the molecule is C/C=C1\C(=O)c2ccc(CC)cc2C1=O. The smallest absolute Gasteiger partial charge is 0.197 e. The lowest BCUT2D eigenvalue weighted by atomic mass is 10.0. The van der Waals surface area contributed by atoms with Gasteiger partial charge < -0.3 is 0 Å². The summed E-state index contributed by atoms with van der Waals surface area (Å²) in [5.74, 6) is -0.270. The van der Waals surface area contributed by atoms with Crippen molar-refractivity contribution in [3.8, 4) is 0 Å². The third kappa shape index (κ3) is 1.33. The topological polar surface area (TPSA) is 34.1 Å². The highest BCUT2D eigenvalue weighted by molar-refractivity contribution is 6.39. The van der Waals surface area contributed by atoms with Crippen LogP contribution in [-0.4, -0.2) is 11.6 Å². The number of Topliss-reactive ketones (excluding diaryl/α,β-unsaturated/α-hetero) is 2. The van der Waals surface area contributed by atoms with Crippen LogP contribution in [0.25, 0.3) is 0 Å². The summed E-state index contributed by atoms with van der Waals surface area (Å²) in [5.41, 5.74) is 2.50. The van der Waals surface area contributed by atoms with Crippen molar-refractivity contribution in [3.05, 3.63) is 46.5 Å². The summed E-state index contributed by atoms with van der Waals surface area (Å²) in [6, 6.07) is 5.49. The average Bonchev–Trinajstić information content (AvgIpc) is 2.51. The number of fused-ring (bicyclic) bond motifs is 1. The fourth-order valence-electron chi connectivity index (χ4n) is 1.85. The Labute approximate surface area is 88.6 Å². The predicted molar refractivity (Wildman–Crippen MR) is 58.2 cm³/mol. The van der Waals surface area contributed by atoms with Gasteiger partial charge in [-0.3, -0.25) is 9.59 Å². The molecule has 0 fully saturated rings. The molecule has 2 nitrogen and oxygen atoms in total. The van der Waals surface area contributed by atoms with Crippen molar-refractivity contribution in [1.82, 2.24) is 0 Å². The van der Waals surface area contributed by atoms with E-state index in [1.165, 1.54) is 0 Å². The summed E-state index contributed by atoms with van der Waals surface area (Å²) in [5, 5.41) is 0. The summed E-state index contributed by atoms with van der Waals surface area (Å²) < 4.78 is 0. The normalized spacial score (nSPS) is 17.3. The fourth-order valence-corrected chi connectivity index (χ4v) is 1.85. The van der Waals surface area contributed by atoms with Gasteiger partial charge in [0.25, 0.3) is 0 Å². The number of carbonyl (C=O) groups excluding carboxylic acids is 2. The van der Waals surface area contributed by atoms with Crippen LogP contribution in [0.1, 0.15) is 40.1 Å². The lowest BCUT2D eigenvalue weighted by Crippen LogP contribution is -1.99. The van der Waals surface area contributed by atoms with Crippen LogP contribution in [0, 0.1) is 0 Å². The van der Waals surface area contributed by atoms with Crippen LogP contribution >= 0.6 is 0 Å². The van der Waals surface area contributed by atoms with Gasteiger partial charge in [0.2, 0.25) is 0 Å². The highest BCUT2D eigenvalue weighted by Gasteiger charge is 2.32. The van der Waals surface area contributed by atoms with Gasteiger partial charge in [0.15, 0.2) is 11.6 Å². The van der Waals surface area contributed by atoms with Crippen LogP contribution in [0.3, 0.4) is 0 Å². The highest BCUT2D eigenvalue weighted by Crippen LogP contribution is 2.27. The van der Waals surface area contributed by atoms with Crippen molar-refractivity contribution >= 4 is 11.6 Å². The lowest BCUT2D eigenvalue weighted by molar-refractivity contribution is 0.0988. The number of carbonyl (C=O) groups is 2. The first-order valence-corrected chi connectivity index (χ1v) is 5.07. The minimum atomic E-state index is -0.139. The maximum Gasteiger partial charge on any atom is 0.197 e. The molecule has 1 aliphatic rings. The molecule has 0 bridgehead atoms. The second-order valence-corrected chi connectivity index (χ2v) is 3.59. The van der Waals surface area contributed by atoms with Gasteiger partial charge in [0, 0.05) is 11.1 Å². The molecule has 0 saturated carbocycles. The van der Waals surface area contributed by atoms with E-state index in [9.17, 15) is 9.59 Å². The van der Waals surface area contributed by atoms with Crippen molar-refractivity contribution in [1.29, 1.82) is 0 Å². The second-order valence-electron chi connectivity index (χ2n) is 3.59. The molecule has 1 aliphatic carbocycles. The minimum Gasteiger partial charge on any atom is -0.288 e. The van der Waals surface area contributed by atoms with E-state index in [1.807, 2.05) is 19.1 Å². The molecule has 0 aliphatic heterocycles. The molecule has 76 valence electrons. The van der Waals surface area contributed by atoms with Crippen molar-refractivity contribution in [2.24, 2.45) is 0 Å². The van der Waals surface area contributed by atoms with Gasteiger partial charge in [-0.05, 0) is 25.0 Å². The zero-order valence-electron chi connectivity index (χ0n) is 8.83. The molecule has 2 rings (SSSR count). The molecule has 0 saturated heterocycles. The van der Waals surface area contributed by atoms with Crippen LogP contribution in [0.4, 0.5) is 0 Å². The monoisotopic (exact) mass is 200 g/mol. The van der Waals surface area contributed by atoms with Gasteiger partial charge in [0.1, 0.15) is 0 Å². The Balaban J connectivity index is 2.63. The van der Waals surface area contributed by atoms with Crippen LogP contribution < -0.4 is 0 Å². The first-order valence-electron chi connectivity index (χ1n) is 5.07. The molecule has 1 aromatic rings. The Morgan fingerprint density at radius 1 is 1.13 bits per heavy atom. The van der Waals surface area contributed by atoms with E-state index in [1.54, 1.807) is 19.1 Å². The molecule has 0 unspecified atom stereocenters. The van der Waals surface area contributed by atoms with Gasteiger partial charge in [0.05, 0.1) is 5.57 Å². The third-order valence-corrected chi connectivity index (χ3v) is 2.76. The van der Waals surface area contributed by atoms with E-state index in [0.717, 1.165) is 12.0 Å². The zero-order valence-corrected chi connectivity index (χ0v) is 8.83. The van der Waals surface area contributed by atoms with Crippen LogP contribution in [0.2, 0.25) is 0 Å². The Morgan fingerprint density at radius 3 is 2.40 bits per heavy atom. The number of aryl methyl sites for hydroxylation is 1. The van der Waals surface area contributed by atoms with E-state index in [4.69, 9.17) is 0 Å². The number of ketones is 2. The standard InChI is InChI=1S/C13H12O2/c1-3-8-5-6-10-11(7-8)13(15)9(4-2)12(10)14/h4-7H,3H2,1-2H3/b9-4+. The predicted octanol–water partition coefficient (Wildman–Crippen LogP) is 2.57. The van der Waals surface area contributed by atoms with E-state index in [2.05, 4.69) is 0 Å². The Kier molecular flexibility index (Phi) is 2.27. The molecule has 0 N–H and O–H groups in total. The van der Waals surface area contributed by atoms with Crippen molar-refractivity contribution < 1.29 is 9.59 Å². The highest BCUT2D eigenvalue weighted by atomic mass is 16.2. The van der Waals surface area contributed by atoms with E-state index in [-0.39, 0.29) is 11.6 Å². The number of hydrogen-bond donors (Lipinski definition) is 0. The van der Waals surface area contributed by atoms with Gasteiger partial charge >= 0.3 is 0 Å². The first-order chi connectivity index (χ1) is 7.19. The molecule has 1 aromatic carbocycles. The molecule has 0 amide bonds. The maximum absolute atomic E-state index is 11.8. The second kappa shape index (κ2) is 3.46. The van der Waals surface area contributed by atoms with E-state index >= 15 is 0 Å². The fraction of sp³-hybridized carbons (Fsp3) is 0.231. The Morgan fingerprint density at radius 2 is 1.80 bits per heavy atom. The van der Waals surface area contributed by atoms with Gasteiger partial charge in [-0.15, -0.1) is 0 Å². The first kappa shape index (κ1) is 9.84. The molecule has 0 spiro atoms. The van der Waals surface area contributed by atoms with Crippen molar-refractivity contribution in [3.63, 3.8) is 0 Å². The molecule has 2 heteroatoms. The molecular weight excluding hydrogens is 188 g/mol. The van der Waals surface area contributed by atoms with Crippen LogP contribution in [0.5, 0.6) is 0 Å². The Bertz CT molecular complexity index is 481. The molecule has 15 heavy (non-hydrogen) atoms. The molecule has 0 aromatic heterocycles. The molecule has 0 radical (unpaired) electrons. The minimum absolute atomic E-state index is 0.132. The van der Waals surface area contributed by atoms with Gasteiger partial charge in [-0.25, -0.2) is 0 Å². The van der Waals surface area contributed by atoms with E-state index in [0.29, 0.717) is 16.7 Å². The van der Waals surface area contributed by atoms with Crippen molar-refractivity contribution in [2.75, 3.05) is 0 Å². The summed E-state index contributed by atoms with van der Waals surface area (Å²) in [6.45, 7) is 3.75. The largest absolute Gasteiger partial charge is 0.288 e. The van der Waals surface area contributed by atoms with Gasteiger partial charge in [-0.1, -0.05) is 25.1 Å². The Hall–Kier alpha value is -1.70. The summed E-state index contributed by atoms with van der Waals surface area (Å²) in [6.07, 6.45) is 2.47. The van der Waals surface area contributed by atoms with E-state index < -0.39 is 0 Å². The average molecular weight is 200 g/mol. The third-order valence-electron chi connectivity index (χ3n) is 2.76. The molecular formula is C13H12O2. The number of rotatable bonds is 1. The maximum atomic E-state index is 11.8. The summed E-state index contributed by atoms with van der Waals surface area (Å²) >= 11 is 0. The number of hydrogen-bond acceptors (Lipinski definition) is 2.